The highest BCUT2D eigenvalue weighted by atomic mass is 16.5. The van der Waals surface area contributed by atoms with Gasteiger partial charge in [-0.2, -0.15) is 0 Å². The Labute approximate surface area is 164 Å². The van der Waals surface area contributed by atoms with Gasteiger partial charge in [-0.3, -0.25) is 4.79 Å². The van der Waals surface area contributed by atoms with E-state index in [4.69, 9.17) is 4.74 Å². The molecular formula is C22H23N3O3. The maximum Gasteiger partial charge on any atom is 0.319 e. The first-order valence-corrected chi connectivity index (χ1v) is 9.34. The summed E-state index contributed by atoms with van der Waals surface area (Å²) in [4.78, 5) is 27.0. The Morgan fingerprint density at radius 2 is 1.93 bits per heavy atom. The fraction of sp³-hybridized carbons (Fsp3) is 0.273. The second-order valence-corrected chi connectivity index (χ2v) is 7.16. The second-order valence-electron chi connectivity index (χ2n) is 7.16. The van der Waals surface area contributed by atoms with Crippen molar-refractivity contribution >= 4 is 11.9 Å². The Morgan fingerprint density at radius 1 is 1.14 bits per heavy atom. The molecule has 1 unspecified atom stereocenters. The molecule has 1 atom stereocenters. The first kappa shape index (κ1) is 18.1. The van der Waals surface area contributed by atoms with Crippen LogP contribution in [0.3, 0.4) is 0 Å². The molecule has 0 spiro atoms. The van der Waals surface area contributed by atoms with Gasteiger partial charge in [0.1, 0.15) is 5.75 Å². The van der Waals surface area contributed by atoms with E-state index in [1.54, 1.807) is 12.0 Å². The monoisotopic (exact) mass is 377 g/mol. The van der Waals surface area contributed by atoms with Gasteiger partial charge in [0.2, 0.25) is 0 Å². The van der Waals surface area contributed by atoms with Crippen molar-refractivity contribution in [2.75, 3.05) is 20.2 Å². The molecule has 2 aliphatic heterocycles. The summed E-state index contributed by atoms with van der Waals surface area (Å²) in [6.07, 6.45) is 0.743. The zero-order chi connectivity index (χ0) is 19.7. The lowest BCUT2D eigenvalue weighted by Gasteiger charge is -2.25. The van der Waals surface area contributed by atoms with Crippen LogP contribution in [0.25, 0.3) is 0 Å². The molecule has 0 aromatic heterocycles. The summed E-state index contributed by atoms with van der Waals surface area (Å²) < 4.78 is 5.18. The number of carbonyl (C=O) groups excluding carboxylic acids is 2. The van der Waals surface area contributed by atoms with Crippen LogP contribution in [0, 0.1) is 6.92 Å². The SMILES string of the molecule is COc1ccc(CCN2CC3=C(C2=O)C(c2cccc(C)c2)NC(=O)N3)cc1. The summed E-state index contributed by atoms with van der Waals surface area (Å²) in [6, 6.07) is 15.1. The van der Waals surface area contributed by atoms with Crippen molar-refractivity contribution in [1.29, 1.82) is 0 Å². The van der Waals surface area contributed by atoms with Gasteiger partial charge in [0.15, 0.2) is 0 Å². The molecule has 0 radical (unpaired) electrons. The minimum atomic E-state index is -0.415. The van der Waals surface area contributed by atoms with Crippen LogP contribution < -0.4 is 15.4 Å². The number of benzene rings is 2. The zero-order valence-corrected chi connectivity index (χ0v) is 16.0. The van der Waals surface area contributed by atoms with E-state index >= 15 is 0 Å². The predicted octanol–water partition coefficient (Wildman–Crippen LogP) is 2.70. The fourth-order valence-corrected chi connectivity index (χ4v) is 3.76. The highest BCUT2D eigenvalue weighted by Gasteiger charge is 2.40. The number of amides is 3. The second kappa shape index (κ2) is 7.38. The molecule has 2 heterocycles. The van der Waals surface area contributed by atoms with E-state index in [0.29, 0.717) is 24.4 Å². The van der Waals surface area contributed by atoms with Gasteiger partial charge >= 0.3 is 6.03 Å². The molecule has 144 valence electrons. The molecule has 2 aromatic carbocycles. The highest BCUT2D eigenvalue weighted by Crippen LogP contribution is 2.32. The van der Waals surface area contributed by atoms with Gasteiger partial charge in [-0.15, -0.1) is 0 Å². The molecule has 0 fully saturated rings. The molecule has 6 heteroatoms. The quantitative estimate of drug-likeness (QED) is 0.842. The van der Waals surface area contributed by atoms with E-state index in [-0.39, 0.29) is 11.9 Å². The Bertz CT molecular complexity index is 950. The summed E-state index contributed by atoms with van der Waals surface area (Å²) in [5.41, 5.74) is 4.49. The molecule has 2 N–H and O–H groups in total. The number of urea groups is 1. The van der Waals surface area contributed by atoms with Gasteiger partial charge in [0, 0.05) is 6.54 Å². The molecule has 4 rings (SSSR count). The number of ether oxygens (including phenoxy) is 1. The minimum absolute atomic E-state index is 0.0254. The molecular weight excluding hydrogens is 354 g/mol. The fourth-order valence-electron chi connectivity index (χ4n) is 3.76. The largest absolute Gasteiger partial charge is 0.497 e. The summed E-state index contributed by atoms with van der Waals surface area (Å²) in [5, 5.41) is 5.72. The molecule has 6 nitrogen and oxygen atoms in total. The average molecular weight is 377 g/mol. The number of rotatable bonds is 5. The molecule has 0 aliphatic carbocycles. The predicted molar refractivity (Wildman–Crippen MR) is 106 cm³/mol. The lowest BCUT2D eigenvalue weighted by molar-refractivity contribution is -0.125. The zero-order valence-electron chi connectivity index (χ0n) is 16.0. The van der Waals surface area contributed by atoms with Crippen LogP contribution in [0.2, 0.25) is 0 Å². The third kappa shape index (κ3) is 3.45. The molecule has 2 aromatic rings. The summed E-state index contributed by atoms with van der Waals surface area (Å²) in [5.74, 6) is 0.787. The van der Waals surface area contributed by atoms with Gasteiger partial charge in [0.25, 0.3) is 5.91 Å². The summed E-state index contributed by atoms with van der Waals surface area (Å²) >= 11 is 0. The maximum absolute atomic E-state index is 13.1. The first-order valence-electron chi connectivity index (χ1n) is 9.34. The number of hydrogen-bond donors (Lipinski definition) is 2. The number of aryl methyl sites for hydroxylation is 1. The van der Waals surface area contributed by atoms with E-state index in [0.717, 1.165) is 28.9 Å². The van der Waals surface area contributed by atoms with E-state index in [1.165, 1.54) is 0 Å². The maximum atomic E-state index is 13.1. The number of hydrogen-bond acceptors (Lipinski definition) is 3. The van der Waals surface area contributed by atoms with Crippen LogP contribution in [-0.4, -0.2) is 37.0 Å². The molecule has 2 aliphatic rings. The van der Waals surface area contributed by atoms with Crippen molar-refractivity contribution < 1.29 is 14.3 Å². The smallest absolute Gasteiger partial charge is 0.319 e. The Balaban J connectivity index is 1.51. The normalized spacial score (nSPS) is 18.6. The number of nitrogens with zero attached hydrogens (tertiary/aromatic N) is 1. The topological polar surface area (TPSA) is 70.7 Å². The van der Waals surface area contributed by atoms with Gasteiger partial charge in [0.05, 0.1) is 31.0 Å². The van der Waals surface area contributed by atoms with Crippen molar-refractivity contribution in [2.24, 2.45) is 0 Å². The van der Waals surface area contributed by atoms with Crippen LogP contribution in [-0.2, 0) is 11.2 Å². The standard InChI is InChI=1S/C22H23N3O3/c1-14-4-3-5-16(12-14)20-19-18(23-22(27)24-20)13-25(21(19)26)11-10-15-6-8-17(28-2)9-7-15/h3-9,12,20H,10-11,13H2,1-2H3,(H2,23,24,27). The summed E-state index contributed by atoms with van der Waals surface area (Å²) in [6.45, 7) is 3.02. The van der Waals surface area contributed by atoms with Crippen molar-refractivity contribution in [3.8, 4) is 5.75 Å². The van der Waals surface area contributed by atoms with Gasteiger partial charge < -0.3 is 20.3 Å². The van der Waals surface area contributed by atoms with Crippen LogP contribution in [0.1, 0.15) is 22.7 Å². The Hall–Kier alpha value is -3.28. The molecule has 28 heavy (non-hydrogen) atoms. The molecule has 0 saturated carbocycles. The van der Waals surface area contributed by atoms with Crippen LogP contribution in [0.15, 0.2) is 59.8 Å². The van der Waals surface area contributed by atoms with Crippen molar-refractivity contribution in [3.63, 3.8) is 0 Å². The Morgan fingerprint density at radius 3 is 2.64 bits per heavy atom. The lowest BCUT2D eigenvalue weighted by Crippen LogP contribution is -2.44. The number of carbonyl (C=O) groups is 2. The van der Waals surface area contributed by atoms with E-state index < -0.39 is 6.04 Å². The number of methoxy groups -OCH3 is 1. The number of nitrogens with one attached hydrogen (secondary N) is 2. The Kier molecular flexibility index (Phi) is 4.77. The van der Waals surface area contributed by atoms with Gasteiger partial charge in [-0.1, -0.05) is 42.0 Å². The van der Waals surface area contributed by atoms with Crippen molar-refractivity contribution in [2.45, 2.75) is 19.4 Å². The molecule has 0 bridgehead atoms. The van der Waals surface area contributed by atoms with Crippen molar-refractivity contribution in [1.82, 2.24) is 15.5 Å². The van der Waals surface area contributed by atoms with E-state index in [9.17, 15) is 9.59 Å². The third-order valence-electron chi connectivity index (χ3n) is 5.23. The van der Waals surface area contributed by atoms with Gasteiger partial charge in [-0.25, -0.2) is 4.79 Å². The highest BCUT2D eigenvalue weighted by molar-refractivity contribution is 6.01. The average Bonchev–Trinajstić information content (AvgIpc) is 3.01. The van der Waals surface area contributed by atoms with Crippen LogP contribution in [0.5, 0.6) is 5.75 Å². The van der Waals surface area contributed by atoms with Crippen LogP contribution >= 0.6 is 0 Å². The van der Waals surface area contributed by atoms with E-state index in [1.807, 2.05) is 55.5 Å². The lowest BCUT2D eigenvalue weighted by atomic mass is 9.95. The molecule has 0 saturated heterocycles. The third-order valence-corrected chi connectivity index (χ3v) is 5.23. The van der Waals surface area contributed by atoms with Crippen LogP contribution in [0.4, 0.5) is 4.79 Å². The van der Waals surface area contributed by atoms with E-state index in [2.05, 4.69) is 10.6 Å². The molecule has 3 amide bonds. The van der Waals surface area contributed by atoms with Crippen molar-refractivity contribution in [3.05, 3.63) is 76.5 Å². The minimum Gasteiger partial charge on any atom is -0.497 e. The first-order chi connectivity index (χ1) is 13.5. The summed E-state index contributed by atoms with van der Waals surface area (Å²) in [7, 11) is 1.64. The van der Waals surface area contributed by atoms with Gasteiger partial charge in [-0.05, 0) is 36.6 Å².